The van der Waals surface area contributed by atoms with Gasteiger partial charge < -0.3 is 0 Å². The average Bonchev–Trinajstić information content (AvgIpc) is 2.71. The highest BCUT2D eigenvalue weighted by atomic mass is 35.5. The molecular formula is C25H37Cl2N. The Morgan fingerprint density at radius 3 is 2.29 bits per heavy atom. The molecule has 156 valence electrons. The summed E-state index contributed by atoms with van der Waals surface area (Å²) in [6.45, 7) is 3.65. The van der Waals surface area contributed by atoms with Crippen LogP contribution in [0.5, 0.6) is 0 Å². The Kier molecular flexibility index (Phi) is 8.33. The van der Waals surface area contributed by atoms with Gasteiger partial charge in [-0.1, -0.05) is 74.4 Å². The molecule has 1 aliphatic heterocycles. The number of halogens is 2. The van der Waals surface area contributed by atoms with Crippen LogP contribution in [0.15, 0.2) is 24.3 Å². The van der Waals surface area contributed by atoms with E-state index in [4.69, 9.17) is 11.6 Å². The normalized spacial score (nSPS) is 23.8. The molecule has 2 saturated carbocycles. The van der Waals surface area contributed by atoms with E-state index in [1.807, 2.05) is 0 Å². The van der Waals surface area contributed by atoms with E-state index in [-0.39, 0.29) is 12.4 Å². The highest BCUT2D eigenvalue weighted by Crippen LogP contribution is 2.44. The van der Waals surface area contributed by atoms with Crippen LogP contribution >= 0.6 is 24.0 Å². The van der Waals surface area contributed by atoms with Crippen molar-refractivity contribution < 1.29 is 0 Å². The van der Waals surface area contributed by atoms with Gasteiger partial charge in [0.05, 0.1) is 0 Å². The number of hydrogen-bond acceptors (Lipinski definition) is 1. The summed E-state index contributed by atoms with van der Waals surface area (Å²) in [5.41, 5.74) is 3.34. The number of benzene rings is 1. The topological polar surface area (TPSA) is 3.24 Å². The standard InChI is InChI=1S/C25H36ClN.ClH/c26-24-20-21(11-12-23(24)22-9-3-1-4-10-22)8-7-17-27-18-15-25(16-19-27)13-5-2-6-14-25;/h7-8,11-12,20,22H,1-6,9-10,13-19H2;1H/b8-7-;. The molecule has 1 heterocycles. The third kappa shape index (κ3) is 5.55. The molecule has 0 bridgehead atoms. The van der Waals surface area contributed by atoms with Crippen molar-refractivity contribution in [3.05, 3.63) is 40.4 Å². The maximum atomic E-state index is 6.63. The van der Waals surface area contributed by atoms with Gasteiger partial charge in [-0.2, -0.15) is 0 Å². The Hall–Kier alpha value is -0.500. The molecule has 3 aliphatic rings. The van der Waals surface area contributed by atoms with Crippen molar-refractivity contribution in [2.75, 3.05) is 19.6 Å². The van der Waals surface area contributed by atoms with E-state index < -0.39 is 0 Å². The number of rotatable bonds is 4. The fraction of sp³-hybridized carbons (Fsp3) is 0.680. The van der Waals surface area contributed by atoms with Gasteiger partial charge >= 0.3 is 0 Å². The van der Waals surface area contributed by atoms with Crippen molar-refractivity contribution >= 4 is 30.1 Å². The SMILES string of the molecule is Cl.Clc1cc(/C=C\CN2CCC3(CCCCC3)CC2)ccc1C1CCCCC1. The Labute approximate surface area is 183 Å². The number of hydrogen-bond donors (Lipinski definition) is 0. The summed E-state index contributed by atoms with van der Waals surface area (Å²) in [5.74, 6) is 0.685. The Morgan fingerprint density at radius 1 is 0.929 bits per heavy atom. The summed E-state index contributed by atoms with van der Waals surface area (Å²) >= 11 is 6.63. The zero-order valence-corrected chi connectivity index (χ0v) is 18.9. The zero-order chi connectivity index (χ0) is 18.5. The van der Waals surface area contributed by atoms with Crippen LogP contribution in [0, 0.1) is 5.41 Å². The molecule has 4 rings (SSSR count). The third-order valence-electron chi connectivity index (χ3n) is 7.57. The van der Waals surface area contributed by atoms with Crippen LogP contribution in [-0.4, -0.2) is 24.5 Å². The van der Waals surface area contributed by atoms with E-state index in [0.717, 1.165) is 11.6 Å². The molecule has 1 aromatic carbocycles. The summed E-state index contributed by atoms with van der Waals surface area (Å²) < 4.78 is 0. The molecule has 0 amide bonds. The Bertz CT molecular complexity index is 632. The van der Waals surface area contributed by atoms with E-state index in [1.165, 1.54) is 101 Å². The monoisotopic (exact) mass is 421 g/mol. The van der Waals surface area contributed by atoms with E-state index in [0.29, 0.717) is 11.3 Å². The first kappa shape index (κ1) is 22.2. The van der Waals surface area contributed by atoms with Gasteiger partial charge in [-0.25, -0.2) is 0 Å². The molecule has 0 atom stereocenters. The molecule has 28 heavy (non-hydrogen) atoms. The average molecular weight is 422 g/mol. The van der Waals surface area contributed by atoms with Crippen molar-refractivity contribution in [3.8, 4) is 0 Å². The van der Waals surface area contributed by atoms with Crippen molar-refractivity contribution in [1.29, 1.82) is 0 Å². The molecule has 3 heteroatoms. The van der Waals surface area contributed by atoms with Crippen molar-refractivity contribution in [2.45, 2.75) is 83.0 Å². The fourth-order valence-electron chi connectivity index (χ4n) is 5.74. The number of nitrogens with zero attached hydrogens (tertiary/aromatic N) is 1. The van der Waals surface area contributed by atoms with Crippen LogP contribution in [0.25, 0.3) is 6.08 Å². The second-order valence-electron chi connectivity index (χ2n) is 9.38. The van der Waals surface area contributed by atoms with Crippen molar-refractivity contribution in [2.24, 2.45) is 5.41 Å². The molecule has 1 aromatic rings. The summed E-state index contributed by atoms with van der Waals surface area (Å²) in [6.07, 6.45) is 21.6. The van der Waals surface area contributed by atoms with Crippen LogP contribution in [0.4, 0.5) is 0 Å². The van der Waals surface area contributed by atoms with Crippen LogP contribution in [-0.2, 0) is 0 Å². The molecule has 1 nitrogen and oxygen atoms in total. The molecule has 0 unspecified atom stereocenters. The summed E-state index contributed by atoms with van der Waals surface area (Å²) in [6, 6.07) is 6.72. The fourth-order valence-corrected chi connectivity index (χ4v) is 6.08. The van der Waals surface area contributed by atoms with Gasteiger partial charge in [0.2, 0.25) is 0 Å². The summed E-state index contributed by atoms with van der Waals surface area (Å²) in [4.78, 5) is 2.63. The highest BCUT2D eigenvalue weighted by molar-refractivity contribution is 6.31. The van der Waals surface area contributed by atoms with Gasteiger partial charge in [0, 0.05) is 11.6 Å². The highest BCUT2D eigenvalue weighted by Gasteiger charge is 2.34. The van der Waals surface area contributed by atoms with Gasteiger partial charge in [0.1, 0.15) is 0 Å². The molecule has 0 radical (unpaired) electrons. The van der Waals surface area contributed by atoms with Gasteiger partial charge in [0.25, 0.3) is 0 Å². The van der Waals surface area contributed by atoms with Gasteiger partial charge in [-0.3, -0.25) is 4.90 Å². The summed E-state index contributed by atoms with van der Waals surface area (Å²) in [7, 11) is 0. The Balaban J connectivity index is 0.00000225. The van der Waals surface area contributed by atoms with Gasteiger partial charge in [0.15, 0.2) is 0 Å². The Morgan fingerprint density at radius 2 is 1.61 bits per heavy atom. The predicted octanol–water partition coefficient (Wildman–Crippen LogP) is 7.87. The lowest BCUT2D eigenvalue weighted by Gasteiger charge is -2.44. The number of likely N-dealkylation sites (tertiary alicyclic amines) is 1. The molecule has 2 aliphatic carbocycles. The second kappa shape index (κ2) is 10.5. The summed E-state index contributed by atoms with van der Waals surface area (Å²) in [5, 5.41) is 0.973. The second-order valence-corrected chi connectivity index (χ2v) is 9.79. The lowest BCUT2D eigenvalue weighted by molar-refractivity contribution is 0.0738. The lowest BCUT2D eigenvalue weighted by Crippen LogP contribution is -2.41. The molecule has 0 aromatic heterocycles. The lowest BCUT2D eigenvalue weighted by atomic mass is 9.68. The molecule has 1 spiro atoms. The van der Waals surface area contributed by atoms with Gasteiger partial charge in [-0.05, 0) is 80.1 Å². The molecule has 0 N–H and O–H groups in total. The first-order valence-electron chi connectivity index (χ1n) is 11.4. The largest absolute Gasteiger partial charge is 0.300 e. The van der Waals surface area contributed by atoms with Crippen LogP contribution < -0.4 is 0 Å². The van der Waals surface area contributed by atoms with Crippen molar-refractivity contribution in [1.82, 2.24) is 4.90 Å². The smallest absolute Gasteiger partial charge is 0.0446 e. The van der Waals surface area contributed by atoms with Crippen LogP contribution in [0.3, 0.4) is 0 Å². The predicted molar refractivity (Wildman–Crippen MR) is 125 cm³/mol. The van der Waals surface area contributed by atoms with Gasteiger partial charge in [-0.15, -0.1) is 12.4 Å². The number of piperidine rings is 1. The van der Waals surface area contributed by atoms with E-state index in [2.05, 4.69) is 35.3 Å². The molecule has 1 saturated heterocycles. The van der Waals surface area contributed by atoms with E-state index in [9.17, 15) is 0 Å². The minimum absolute atomic E-state index is 0. The minimum Gasteiger partial charge on any atom is -0.300 e. The van der Waals surface area contributed by atoms with Crippen molar-refractivity contribution in [3.63, 3.8) is 0 Å². The first-order valence-corrected chi connectivity index (χ1v) is 11.8. The third-order valence-corrected chi connectivity index (χ3v) is 7.90. The quantitative estimate of drug-likeness (QED) is 0.477. The molecular weight excluding hydrogens is 385 g/mol. The van der Waals surface area contributed by atoms with E-state index >= 15 is 0 Å². The minimum atomic E-state index is 0. The molecule has 3 fully saturated rings. The van der Waals surface area contributed by atoms with Crippen LogP contribution in [0.1, 0.15) is 94.1 Å². The maximum Gasteiger partial charge on any atom is 0.0446 e. The maximum absolute atomic E-state index is 6.63. The first-order chi connectivity index (χ1) is 13.2. The van der Waals surface area contributed by atoms with Crippen LogP contribution in [0.2, 0.25) is 5.02 Å². The van der Waals surface area contributed by atoms with E-state index in [1.54, 1.807) is 0 Å². The zero-order valence-electron chi connectivity index (χ0n) is 17.3.